The third-order valence-electron chi connectivity index (χ3n) is 3.33. The number of nitrogens with one attached hydrogen (secondary N) is 1. The summed E-state index contributed by atoms with van der Waals surface area (Å²) in [6.07, 6.45) is 1.08. The molecule has 19 heavy (non-hydrogen) atoms. The van der Waals surface area contributed by atoms with Gasteiger partial charge < -0.3 is 5.32 Å². The molecule has 0 aliphatic carbocycles. The molecule has 0 saturated carbocycles. The number of hydrogen-bond donors (Lipinski definition) is 1. The summed E-state index contributed by atoms with van der Waals surface area (Å²) in [5.74, 6) is 0. The van der Waals surface area contributed by atoms with Crippen LogP contribution in [0.2, 0.25) is 5.02 Å². The summed E-state index contributed by atoms with van der Waals surface area (Å²) in [5, 5.41) is 4.31. The van der Waals surface area contributed by atoms with Crippen molar-refractivity contribution in [2.45, 2.75) is 26.3 Å². The van der Waals surface area contributed by atoms with Gasteiger partial charge in [-0.05, 0) is 36.2 Å². The number of benzene rings is 2. The molecule has 0 spiro atoms. The van der Waals surface area contributed by atoms with Crippen LogP contribution >= 0.6 is 11.6 Å². The molecular weight excluding hydrogens is 254 g/mol. The molecule has 100 valence electrons. The van der Waals surface area contributed by atoms with Gasteiger partial charge in [-0.15, -0.1) is 0 Å². The topological polar surface area (TPSA) is 12.0 Å². The lowest BCUT2D eigenvalue weighted by atomic mass is 9.98. The van der Waals surface area contributed by atoms with Crippen molar-refractivity contribution < 1.29 is 0 Å². The lowest BCUT2D eigenvalue weighted by Gasteiger charge is -2.17. The molecular formula is C17H20ClN. The standard InChI is InChI=1S/C17H20ClN/c1-3-17(19-4-2)14-9-7-8-13(12-14)15-10-5-6-11-16(15)18/h5-12,17,19H,3-4H2,1-2H3. The summed E-state index contributed by atoms with van der Waals surface area (Å²) in [5.41, 5.74) is 3.60. The Morgan fingerprint density at radius 3 is 2.53 bits per heavy atom. The smallest absolute Gasteiger partial charge is 0.0484 e. The van der Waals surface area contributed by atoms with Crippen LogP contribution in [0.4, 0.5) is 0 Å². The van der Waals surface area contributed by atoms with Crippen molar-refractivity contribution in [1.29, 1.82) is 0 Å². The van der Waals surface area contributed by atoms with E-state index in [1.54, 1.807) is 0 Å². The molecule has 0 saturated heterocycles. The van der Waals surface area contributed by atoms with Crippen LogP contribution in [0.15, 0.2) is 48.5 Å². The van der Waals surface area contributed by atoms with E-state index in [9.17, 15) is 0 Å². The van der Waals surface area contributed by atoms with Gasteiger partial charge in [-0.3, -0.25) is 0 Å². The lowest BCUT2D eigenvalue weighted by molar-refractivity contribution is 0.537. The highest BCUT2D eigenvalue weighted by molar-refractivity contribution is 6.33. The van der Waals surface area contributed by atoms with Gasteiger partial charge in [0.05, 0.1) is 0 Å². The van der Waals surface area contributed by atoms with Crippen molar-refractivity contribution in [2.75, 3.05) is 6.54 Å². The van der Waals surface area contributed by atoms with E-state index < -0.39 is 0 Å². The van der Waals surface area contributed by atoms with Gasteiger partial charge in [-0.1, -0.05) is 61.8 Å². The molecule has 2 aromatic carbocycles. The van der Waals surface area contributed by atoms with Gasteiger partial charge in [0.1, 0.15) is 0 Å². The zero-order valence-electron chi connectivity index (χ0n) is 11.5. The number of halogens is 1. The van der Waals surface area contributed by atoms with Crippen LogP contribution in [0, 0.1) is 0 Å². The van der Waals surface area contributed by atoms with Crippen molar-refractivity contribution >= 4 is 11.6 Å². The summed E-state index contributed by atoms with van der Waals surface area (Å²) in [6, 6.07) is 17.0. The average molecular weight is 274 g/mol. The first-order chi connectivity index (χ1) is 9.26. The Bertz CT molecular complexity index is 536. The van der Waals surface area contributed by atoms with Crippen LogP contribution in [0.3, 0.4) is 0 Å². The van der Waals surface area contributed by atoms with E-state index in [1.165, 1.54) is 11.1 Å². The minimum Gasteiger partial charge on any atom is -0.310 e. The summed E-state index contributed by atoms with van der Waals surface area (Å²) >= 11 is 6.27. The molecule has 0 radical (unpaired) electrons. The summed E-state index contributed by atoms with van der Waals surface area (Å²) in [4.78, 5) is 0. The van der Waals surface area contributed by atoms with Crippen LogP contribution in [-0.4, -0.2) is 6.54 Å². The lowest BCUT2D eigenvalue weighted by Crippen LogP contribution is -2.19. The van der Waals surface area contributed by atoms with Crippen molar-refractivity contribution in [3.05, 3.63) is 59.1 Å². The normalized spacial score (nSPS) is 12.4. The molecule has 0 amide bonds. The second-order valence-corrected chi connectivity index (χ2v) is 5.03. The highest BCUT2D eigenvalue weighted by Crippen LogP contribution is 2.29. The molecule has 1 N–H and O–H groups in total. The van der Waals surface area contributed by atoms with Crippen LogP contribution in [0.5, 0.6) is 0 Å². The molecule has 1 nitrogen and oxygen atoms in total. The van der Waals surface area contributed by atoms with Gasteiger partial charge in [-0.25, -0.2) is 0 Å². The highest BCUT2D eigenvalue weighted by Gasteiger charge is 2.09. The molecule has 1 unspecified atom stereocenters. The van der Waals surface area contributed by atoms with Gasteiger partial charge in [-0.2, -0.15) is 0 Å². The Kier molecular flexibility index (Phi) is 5.00. The van der Waals surface area contributed by atoms with E-state index in [1.807, 2.05) is 18.2 Å². The molecule has 0 aliphatic heterocycles. The first-order valence-electron chi connectivity index (χ1n) is 6.84. The molecule has 2 heteroatoms. The maximum atomic E-state index is 6.27. The molecule has 0 aliphatic rings. The molecule has 0 bridgehead atoms. The summed E-state index contributed by atoms with van der Waals surface area (Å²) in [6.45, 7) is 5.32. The molecule has 0 fully saturated rings. The van der Waals surface area contributed by atoms with Gasteiger partial charge >= 0.3 is 0 Å². The van der Waals surface area contributed by atoms with Crippen LogP contribution in [0.1, 0.15) is 31.9 Å². The minimum atomic E-state index is 0.410. The van der Waals surface area contributed by atoms with Crippen molar-refractivity contribution in [3.8, 4) is 11.1 Å². The Hall–Kier alpha value is -1.31. The third-order valence-corrected chi connectivity index (χ3v) is 3.66. The first kappa shape index (κ1) is 14.1. The quantitative estimate of drug-likeness (QED) is 0.802. The van der Waals surface area contributed by atoms with E-state index in [2.05, 4.69) is 49.5 Å². The van der Waals surface area contributed by atoms with Crippen molar-refractivity contribution in [2.24, 2.45) is 0 Å². The molecule has 2 rings (SSSR count). The fourth-order valence-electron chi connectivity index (χ4n) is 2.36. The Labute approximate surface area is 120 Å². The Morgan fingerprint density at radius 2 is 1.84 bits per heavy atom. The zero-order chi connectivity index (χ0) is 13.7. The van der Waals surface area contributed by atoms with Gasteiger partial charge in [0.15, 0.2) is 0 Å². The van der Waals surface area contributed by atoms with E-state index >= 15 is 0 Å². The number of hydrogen-bond acceptors (Lipinski definition) is 1. The SMILES string of the molecule is CCNC(CC)c1cccc(-c2ccccc2Cl)c1. The monoisotopic (exact) mass is 273 g/mol. The predicted molar refractivity (Wildman–Crippen MR) is 83.6 cm³/mol. The Balaban J connectivity index is 2.36. The van der Waals surface area contributed by atoms with Crippen LogP contribution < -0.4 is 5.32 Å². The zero-order valence-corrected chi connectivity index (χ0v) is 12.2. The second kappa shape index (κ2) is 6.74. The van der Waals surface area contributed by atoms with Crippen molar-refractivity contribution in [3.63, 3.8) is 0 Å². The second-order valence-electron chi connectivity index (χ2n) is 4.62. The molecule has 0 aromatic heterocycles. The minimum absolute atomic E-state index is 0.410. The van der Waals surface area contributed by atoms with E-state index in [4.69, 9.17) is 11.6 Å². The molecule has 0 heterocycles. The first-order valence-corrected chi connectivity index (χ1v) is 7.22. The maximum absolute atomic E-state index is 6.27. The predicted octanol–water partition coefficient (Wildman–Crippen LogP) is 5.07. The van der Waals surface area contributed by atoms with Crippen LogP contribution in [0.25, 0.3) is 11.1 Å². The number of rotatable bonds is 5. The average Bonchev–Trinajstić information content (AvgIpc) is 2.45. The van der Waals surface area contributed by atoms with E-state index in [0.717, 1.165) is 23.6 Å². The summed E-state index contributed by atoms with van der Waals surface area (Å²) < 4.78 is 0. The van der Waals surface area contributed by atoms with Gasteiger partial charge in [0.2, 0.25) is 0 Å². The molecule has 2 aromatic rings. The largest absolute Gasteiger partial charge is 0.310 e. The van der Waals surface area contributed by atoms with Crippen LogP contribution in [-0.2, 0) is 0 Å². The fourth-order valence-corrected chi connectivity index (χ4v) is 2.61. The third kappa shape index (κ3) is 3.37. The van der Waals surface area contributed by atoms with E-state index in [0.29, 0.717) is 6.04 Å². The van der Waals surface area contributed by atoms with Gasteiger partial charge in [0, 0.05) is 16.6 Å². The Morgan fingerprint density at radius 1 is 1.05 bits per heavy atom. The van der Waals surface area contributed by atoms with E-state index in [-0.39, 0.29) is 0 Å². The highest BCUT2D eigenvalue weighted by atomic mass is 35.5. The van der Waals surface area contributed by atoms with Gasteiger partial charge in [0.25, 0.3) is 0 Å². The maximum Gasteiger partial charge on any atom is 0.0484 e. The molecule has 1 atom stereocenters. The van der Waals surface area contributed by atoms with Crippen molar-refractivity contribution in [1.82, 2.24) is 5.32 Å². The fraction of sp³-hybridized carbons (Fsp3) is 0.294. The summed E-state index contributed by atoms with van der Waals surface area (Å²) in [7, 11) is 0.